The monoisotopic (exact) mass is 364 g/mol. The lowest BCUT2D eigenvalue weighted by Gasteiger charge is -2.29. The smallest absolute Gasteiger partial charge is 0.255 e. The summed E-state index contributed by atoms with van der Waals surface area (Å²) in [6.07, 6.45) is 6.40. The van der Waals surface area contributed by atoms with E-state index in [0.717, 1.165) is 24.2 Å². The van der Waals surface area contributed by atoms with E-state index in [0.29, 0.717) is 28.8 Å². The Balaban J connectivity index is 1.42. The first-order chi connectivity index (χ1) is 12.9. The lowest BCUT2D eigenvalue weighted by molar-refractivity contribution is -0.126. The van der Waals surface area contributed by atoms with Gasteiger partial charge in [-0.25, -0.2) is 0 Å². The van der Waals surface area contributed by atoms with Crippen molar-refractivity contribution in [2.45, 2.75) is 33.6 Å². The summed E-state index contributed by atoms with van der Waals surface area (Å²) in [6.45, 7) is 5.75. The van der Waals surface area contributed by atoms with Crippen molar-refractivity contribution in [1.29, 1.82) is 0 Å². The number of aromatic amines is 1. The van der Waals surface area contributed by atoms with Gasteiger partial charge in [-0.15, -0.1) is 0 Å². The van der Waals surface area contributed by atoms with Gasteiger partial charge < -0.3 is 10.6 Å². The second-order valence-electron chi connectivity index (χ2n) is 7.90. The number of nitrogens with one attached hydrogen (secondary N) is 3. The summed E-state index contributed by atoms with van der Waals surface area (Å²) >= 11 is 0. The van der Waals surface area contributed by atoms with E-state index in [-0.39, 0.29) is 17.2 Å². The Morgan fingerprint density at radius 3 is 2.44 bits per heavy atom. The molecule has 0 aliphatic heterocycles. The lowest BCUT2D eigenvalue weighted by Crippen LogP contribution is -2.36. The van der Waals surface area contributed by atoms with Crippen molar-refractivity contribution in [2.75, 3.05) is 10.6 Å². The van der Waals surface area contributed by atoms with Crippen LogP contribution < -0.4 is 10.6 Å². The molecule has 3 unspecified atom stereocenters. The van der Waals surface area contributed by atoms with E-state index in [9.17, 15) is 9.59 Å². The Morgan fingerprint density at radius 2 is 1.89 bits per heavy atom. The molecule has 27 heavy (non-hydrogen) atoms. The van der Waals surface area contributed by atoms with Crippen LogP contribution in [0.1, 0.15) is 41.5 Å². The van der Waals surface area contributed by atoms with Crippen molar-refractivity contribution < 1.29 is 9.59 Å². The van der Waals surface area contributed by atoms with Crippen LogP contribution >= 0.6 is 0 Å². The predicted octanol–water partition coefficient (Wildman–Crippen LogP) is 3.82. The molecular weight excluding hydrogens is 340 g/mol. The van der Waals surface area contributed by atoms with Crippen molar-refractivity contribution >= 4 is 23.2 Å². The zero-order chi connectivity index (χ0) is 19.2. The molecule has 2 aliphatic carbocycles. The molecule has 1 fully saturated rings. The molecule has 1 aromatic heterocycles. The van der Waals surface area contributed by atoms with Crippen molar-refractivity contribution in [3.63, 3.8) is 0 Å². The van der Waals surface area contributed by atoms with Crippen LogP contribution in [0.3, 0.4) is 0 Å². The summed E-state index contributed by atoms with van der Waals surface area (Å²) < 4.78 is 0. The summed E-state index contributed by atoms with van der Waals surface area (Å²) in [5, 5.41) is 12.8. The molecule has 2 amide bonds. The minimum atomic E-state index is -0.341. The highest BCUT2D eigenvalue weighted by molar-refractivity contribution is 6.05. The quantitative estimate of drug-likeness (QED) is 0.721. The number of carbonyl (C=O) groups excluding carboxylic acids is 2. The Hall–Kier alpha value is -2.89. The van der Waals surface area contributed by atoms with Crippen molar-refractivity contribution in [1.82, 2.24) is 10.2 Å². The fourth-order valence-electron chi connectivity index (χ4n) is 4.26. The molecule has 2 aliphatic rings. The minimum Gasteiger partial charge on any atom is -0.326 e. The van der Waals surface area contributed by atoms with Gasteiger partial charge in [0.05, 0.1) is 22.5 Å². The highest BCUT2D eigenvalue weighted by Crippen LogP contribution is 2.52. The maximum atomic E-state index is 12.8. The zero-order valence-corrected chi connectivity index (χ0v) is 15.8. The predicted molar refractivity (Wildman–Crippen MR) is 105 cm³/mol. The number of amides is 2. The first-order valence-corrected chi connectivity index (χ1v) is 9.29. The molecular formula is C21H24N4O2. The third-order valence-electron chi connectivity index (χ3n) is 5.97. The number of H-pyrrole nitrogens is 1. The molecule has 2 bridgehead atoms. The standard InChI is InChI=1S/C21H24N4O2/c1-12-18(13(2)25-24-12)23-19(26)15-5-8-17(9-6-15)22-20(27)21(3)11-14-4-7-16(21)10-14/h4-9,14,16H,10-11H2,1-3H3,(H,22,27)(H,23,26)(H,24,25). The van der Waals surface area contributed by atoms with Crippen LogP contribution in [0.2, 0.25) is 0 Å². The molecule has 1 heterocycles. The molecule has 3 N–H and O–H groups in total. The Kier molecular flexibility index (Phi) is 4.13. The van der Waals surface area contributed by atoms with Gasteiger partial charge in [-0.3, -0.25) is 14.7 Å². The first kappa shape index (κ1) is 17.5. The summed E-state index contributed by atoms with van der Waals surface area (Å²) in [6, 6.07) is 6.99. The van der Waals surface area contributed by atoms with Crippen molar-refractivity contribution in [2.24, 2.45) is 17.3 Å². The zero-order valence-electron chi connectivity index (χ0n) is 15.8. The van der Waals surface area contributed by atoms with E-state index in [1.54, 1.807) is 24.3 Å². The molecule has 0 saturated heterocycles. The maximum Gasteiger partial charge on any atom is 0.255 e. The second-order valence-corrected chi connectivity index (χ2v) is 7.90. The van der Waals surface area contributed by atoms with Gasteiger partial charge in [-0.2, -0.15) is 5.10 Å². The number of nitrogens with zero attached hydrogens (tertiary/aromatic N) is 1. The Bertz CT molecular complexity index is 909. The van der Waals surface area contributed by atoms with Gasteiger partial charge in [-0.05, 0) is 62.8 Å². The van der Waals surface area contributed by atoms with E-state index < -0.39 is 0 Å². The van der Waals surface area contributed by atoms with Gasteiger partial charge in [0.1, 0.15) is 0 Å². The molecule has 1 saturated carbocycles. The Morgan fingerprint density at radius 1 is 1.15 bits per heavy atom. The molecule has 140 valence electrons. The number of carbonyl (C=O) groups is 2. The van der Waals surface area contributed by atoms with Crippen LogP contribution in [0.25, 0.3) is 0 Å². The maximum absolute atomic E-state index is 12.8. The summed E-state index contributed by atoms with van der Waals surface area (Å²) in [4.78, 5) is 25.2. The normalized spacial score (nSPS) is 25.6. The molecule has 4 rings (SSSR count). The third kappa shape index (κ3) is 3.05. The fourth-order valence-corrected chi connectivity index (χ4v) is 4.26. The van der Waals surface area contributed by atoms with Gasteiger partial charge in [0, 0.05) is 11.3 Å². The van der Waals surface area contributed by atoms with Crippen LogP contribution in [0.15, 0.2) is 36.4 Å². The Labute approximate surface area is 158 Å². The van der Waals surface area contributed by atoms with Gasteiger partial charge in [0.2, 0.25) is 5.91 Å². The number of rotatable bonds is 4. The SMILES string of the molecule is Cc1n[nH]c(C)c1NC(=O)c1ccc(NC(=O)C2(C)CC3C=CC2C3)cc1. The molecule has 0 radical (unpaired) electrons. The van der Waals surface area contributed by atoms with E-state index in [1.807, 2.05) is 20.8 Å². The van der Waals surface area contributed by atoms with E-state index in [4.69, 9.17) is 0 Å². The van der Waals surface area contributed by atoms with E-state index >= 15 is 0 Å². The number of aromatic nitrogens is 2. The summed E-state index contributed by atoms with van der Waals surface area (Å²) in [5.41, 5.74) is 3.17. The average molecular weight is 364 g/mol. The lowest BCUT2D eigenvalue weighted by atomic mass is 9.77. The highest BCUT2D eigenvalue weighted by atomic mass is 16.2. The molecule has 2 aromatic rings. The second kappa shape index (κ2) is 6.37. The number of hydrogen-bond donors (Lipinski definition) is 3. The number of fused-ring (bicyclic) bond motifs is 2. The topological polar surface area (TPSA) is 86.9 Å². The largest absolute Gasteiger partial charge is 0.326 e. The van der Waals surface area contributed by atoms with E-state index in [1.165, 1.54) is 0 Å². The number of anilines is 2. The molecule has 1 aromatic carbocycles. The molecule has 6 heteroatoms. The molecule has 3 atom stereocenters. The third-order valence-corrected chi connectivity index (χ3v) is 5.97. The van der Waals surface area contributed by atoms with Crippen LogP contribution in [0.4, 0.5) is 11.4 Å². The summed E-state index contributed by atoms with van der Waals surface area (Å²) in [7, 11) is 0. The first-order valence-electron chi connectivity index (χ1n) is 9.29. The van der Waals surface area contributed by atoms with Crippen molar-refractivity contribution in [3.05, 3.63) is 53.4 Å². The van der Waals surface area contributed by atoms with Crippen LogP contribution in [0, 0.1) is 31.1 Å². The van der Waals surface area contributed by atoms with Gasteiger partial charge in [0.25, 0.3) is 5.91 Å². The summed E-state index contributed by atoms with van der Waals surface area (Å²) in [5.74, 6) is 0.715. The number of allylic oxidation sites excluding steroid dienone is 2. The molecule has 6 nitrogen and oxygen atoms in total. The molecule has 0 spiro atoms. The van der Waals surface area contributed by atoms with Crippen LogP contribution in [-0.2, 0) is 4.79 Å². The highest BCUT2D eigenvalue weighted by Gasteiger charge is 2.49. The van der Waals surface area contributed by atoms with Gasteiger partial charge in [-0.1, -0.05) is 19.1 Å². The van der Waals surface area contributed by atoms with Crippen LogP contribution in [-0.4, -0.2) is 22.0 Å². The number of benzene rings is 1. The fraction of sp³-hybridized carbons (Fsp3) is 0.381. The number of hydrogen-bond acceptors (Lipinski definition) is 3. The van der Waals surface area contributed by atoms with Gasteiger partial charge in [0.15, 0.2) is 0 Å². The number of aryl methyl sites for hydroxylation is 2. The van der Waals surface area contributed by atoms with Crippen molar-refractivity contribution in [3.8, 4) is 0 Å². The van der Waals surface area contributed by atoms with Gasteiger partial charge >= 0.3 is 0 Å². The minimum absolute atomic E-state index is 0.0567. The van der Waals surface area contributed by atoms with Crippen LogP contribution in [0.5, 0.6) is 0 Å². The van der Waals surface area contributed by atoms with E-state index in [2.05, 4.69) is 33.0 Å². The average Bonchev–Trinajstić information content (AvgIpc) is 3.33.